The number of aromatic amines is 1. The molecular formula is C12H9N3O4. The van der Waals surface area contributed by atoms with Crippen LogP contribution in [0.25, 0.3) is 23.0 Å². The van der Waals surface area contributed by atoms with E-state index in [2.05, 4.69) is 9.97 Å². The Bertz CT molecular complexity index is 738. The number of aromatic nitrogens is 2. The van der Waals surface area contributed by atoms with E-state index in [0.29, 0.717) is 23.0 Å². The number of nitrogens with one attached hydrogen (secondary N) is 1. The van der Waals surface area contributed by atoms with E-state index in [4.69, 9.17) is 8.83 Å². The lowest BCUT2D eigenvalue weighted by Crippen LogP contribution is -1.83. The average Bonchev–Trinajstić information content (AvgIpc) is 3.07. The first kappa shape index (κ1) is 11.3. The zero-order chi connectivity index (χ0) is 13.4. The second-order valence-electron chi connectivity index (χ2n) is 3.95. The molecular weight excluding hydrogens is 250 g/mol. The molecule has 0 saturated heterocycles. The van der Waals surface area contributed by atoms with Crippen molar-refractivity contribution in [3.05, 3.63) is 46.3 Å². The number of rotatable bonds is 3. The van der Waals surface area contributed by atoms with E-state index >= 15 is 0 Å². The zero-order valence-electron chi connectivity index (χ0n) is 9.91. The number of H-pyrrole nitrogens is 1. The van der Waals surface area contributed by atoms with Crippen molar-refractivity contribution < 1.29 is 13.8 Å². The third-order valence-electron chi connectivity index (χ3n) is 2.59. The molecule has 96 valence electrons. The first-order valence-electron chi connectivity index (χ1n) is 5.50. The second kappa shape index (κ2) is 4.13. The molecule has 0 aliphatic carbocycles. The Morgan fingerprint density at radius 3 is 2.63 bits per heavy atom. The summed E-state index contributed by atoms with van der Waals surface area (Å²) in [6.45, 7) is 1.84. The van der Waals surface area contributed by atoms with Gasteiger partial charge in [-0.05, 0) is 25.1 Å². The maximum Gasteiger partial charge on any atom is 0.433 e. The number of imidazole rings is 1. The average molecular weight is 259 g/mol. The van der Waals surface area contributed by atoms with Gasteiger partial charge in [0.1, 0.15) is 16.4 Å². The van der Waals surface area contributed by atoms with Crippen LogP contribution in [0.1, 0.15) is 5.76 Å². The van der Waals surface area contributed by atoms with Crippen LogP contribution < -0.4 is 0 Å². The second-order valence-corrected chi connectivity index (χ2v) is 3.95. The molecule has 0 radical (unpaired) electrons. The van der Waals surface area contributed by atoms with Gasteiger partial charge in [-0.1, -0.05) is 0 Å². The SMILES string of the molecule is Cc1ccc(-c2cnc(-c3ccc([N+](=O)[O-])o3)[nH]2)o1. The van der Waals surface area contributed by atoms with Crippen molar-refractivity contribution >= 4 is 5.88 Å². The minimum atomic E-state index is -0.594. The summed E-state index contributed by atoms with van der Waals surface area (Å²) in [4.78, 5) is 17.1. The molecule has 3 heterocycles. The predicted molar refractivity (Wildman–Crippen MR) is 65.4 cm³/mol. The van der Waals surface area contributed by atoms with E-state index in [1.165, 1.54) is 12.1 Å². The fourth-order valence-corrected chi connectivity index (χ4v) is 1.70. The summed E-state index contributed by atoms with van der Waals surface area (Å²) in [5.41, 5.74) is 0.683. The molecule has 1 N–H and O–H groups in total. The van der Waals surface area contributed by atoms with Crippen molar-refractivity contribution in [1.29, 1.82) is 0 Å². The van der Waals surface area contributed by atoms with E-state index in [1.807, 2.05) is 19.1 Å². The molecule has 7 heteroatoms. The van der Waals surface area contributed by atoms with Gasteiger partial charge in [-0.3, -0.25) is 10.1 Å². The molecule has 0 aliphatic rings. The van der Waals surface area contributed by atoms with E-state index < -0.39 is 4.92 Å². The van der Waals surface area contributed by atoms with Gasteiger partial charge < -0.3 is 13.8 Å². The van der Waals surface area contributed by atoms with Crippen LogP contribution in [-0.2, 0) is 0 Å². The summed E-state index contributed by atoms with van der Waals surface area (Å²) >= 11 is 0. The molecule has 0 spiro atoms. The molecule has 0 aromatic carbocycles. The summed E-state index contributed by atoms with van der Waals surface area (Å²) in [6.07, 6.45) is 1.59. The molecule has 0 saturated carbocycles. The fraction of sp³-hybridized carbons (Fsp3) is 0.0833. The highest BCUT2D eigenvalue weighted by atomic mass is 16.6. The number of nitrogens with zero attached hydrogens (tertiary/aromatic N) is 2. The molecule has 0 aliphatic heterocycles. The molecule has 3 aromatic heterocycles. The number of aryl methyl sites for hydroxylation is 1. The minimum absolute atomic E-state index is 0.307. The van der Waals surface area contributed by atoms with Gasteiger partial charge in [0.15, 0.2) is 17.3 Å². The van der Waals surface area contributed by atoms with Crippen molar-refractivity contribution in [1.82, 2.24) is 9.97 Å². The van der Waals surface area contributed by atoms with Crippen LogP contribution in [0.5, 0.6) is 0 Å². The Labute approximate surface area is 107 Å². The van der Waals surface area contributed by atoms with E-state index in [9.17, 15) is 10.1 Å². The van der Waals surface area contributed by atoms with Crippen molar-refractivity contribution in [3.8, 4) is 23.0 Å². The molecule has 0 amide bonds. The normalized spacial score (nSPS) is 10.8. The van der Waals surface area contributed by atoms with E-state index in [-0.39, 0.29) is 5.88 Å². The number of furan rings is 2. The fourth-order valence-electron chi connectivity index (χ4n) is 1.70. The third kappa shape index (κ3) is 2.01. The highest BCUT2D eigenvalue weighted by Gasteiger charge is 2.16. The Morgan fingerprint density at radius 2 is 2.00 bits per heavy atom. The van der Waals surface area contributed by atoms with Crippen molar-refractivity contribution in [3.63, 3.8) is 0 Å². The smallest absolute Gasteiger partial charge is 0.433 e. The summed E-state index contributed by atoms with van der Waals surface area (Å²) < 4.78 is 10.5. The zero-order valence-corrected chi connectivity index (χ0v) is 9.91. The Kier molecular flexibility index (Phi) is 2.45. The summed E-state index contributed by atoms with van der Waals surface area (Å²) in [7, 11) is 0. The Morgan fingerprint density at radius 1 is 1.21 bits per heavy atom. The predicted octanol–water partition coefficient (Wildman–Crippen LogP) is 3.15. The van der Waals surface area contributed by atoms with E-state index in [1.54, 1.807) is 6.20 Å². The van der Waals surface area contributed by atoms with Crippen LogP contribution in [0.15, 0.2) is 39.3 Å². The lowest BCUT2D eigenvalue weighted by atomic mass is 10.3. The lowest BCUT2D eigenvalue weighted by Gasteiger charge is -1.91. The van der Waals surface area contributed by atoms with Crippen molar-refractivity contribution in [2.75, 3.05) is 0 Å². The quantitative estimate of drug-likeness (QED) is 0.575. The maximum atomic E-state index is 10.5. The van der Waals surface area contributed by atoms with Crippen LogP contribution in [0.2, 0.25) is 0 Å². The molecule has 0 bridgehead atoms. The van der Waals surface area contributed by atoms with Gasteiger partial charge >= 0.3 is 5.88 Å². The van der Waals surface area contributed by atoms with E-state index in [0.717, 1.165) is 5.76 Å². The number of hydrogen-bond donors (Lipinski definition) is 1. The van der Waals surface area contributed by atoms with Gasteiger partial charge in [0.05, 0.1) is 12.3 Å². The highest BCUT2D eigenvalue weighted by Crippen LogP contribution is 2.26. The lowest BCUT2D eigenvalue weighted by molar-refractivity contribution is -0.401. The van der Waals surface area contributed by atoms with Gasteiger partial charge in [0.2, 0.25) is 0 Å². The molecule has 19 heavy (non-hydrogen) atoms. The first-order valence-corrected chi connectivity index (χ1v) is 5.50. The number of hydrogen-bond acceptors (Lipinski definition) is 5. The Hall–Kier alpha value is -2.83. The summed E-state index contributed by atoms with van der Waals surface area (Å²) in [5, 5.41) is 10.5. The van der Waals surface area contributed by atoms with Crippen LogP contribution in [0.4, 0.5) is 5.88 Å². The molecule has 3 aromatic rings. The van der Waals surface area contributed by atoms with Crippen LogP contribution in [-0.4, -0.2) is 14.9 Å². The Balaban J connectivity index is 1.94. The molecule has 0 atom stereocenters. The highest BCUT2D eigenvalue weighted by molar-refractivity contribution is 5.58. The van der Waals surface area contributed by atoms with Gasteiger partial charge in [0.25, 0.3) is 0 Å². The third-order valence-corrected chi connectivity index (χ3v) is 2.59. The molecule has 0 unspecified atom stereocenters. The van der Waals surface area contributed by atoms with Gasteiger partial charge in [-0.25, -0.2) is 4.98 Å². The largest absolute Gasteiger partial charge is 0.460 e. The van der Waals surface area contributed by atoms with Gasteiger partial charge in [0, 0.05) is 0 Å². The molecule has 3 rings (SSSR count). The molecule has 7 nitrogen and oxygen atoms in total. The van der Waals surface area contributed by atoms with Crippen LogP contribution in [0.3, 0.4) is 0 Å². The summed E-state index contributed by atoms with van der Waals surface area (Å²) in [6, 6.07) is 6.44. The van der Waals surface area contributed by atoms with Gasteiger partial charge in [-0.15, -0.1) is 0 Å². The van der Waals surface area contributed by atoms with Crippen molar-refractivity contribution in [2.45, 2.75) is 6.92 Å². The first-order chi connectivity index (χ1) is 9.13. The standard InChI is InChI=1S/C12H9N3O4/c1-7-2-3-9(18-7)8-6-13-12(14-8)10-4-5-11(19-10)15(16)17/h2-6H,1H3,(H,13,14). The van der Waals surface area contributed by atoms with Gasteiger partial charge in [-0.2, -0.15) is 0 Å². The maximum absolute atomic E-state index is 10.5. The van der Waals surface area contributed by atoms with Crippen molar-refractivity contribution in [2.24, 2.45) is 0 Å². The number of nitro groups is 1. The minimum Gasteiger partial charge on any atom is -0.460 e. The topological polar surface area (TPSA) is 98.1 Å². The molecule has 0 fully saturated rings. The summed E-state index contributed by atoms with van der Waals surface area (Å²) in [5.74, 6) is 1.84. The van der Waals surface area contributed by atoms with Crippen LogP contribution >= 0.6 is 0 Å². The monoisotopic (exact) mass is 259 g/mol. The van der Waals surface area contributed by atoms with Crippen LogP contribution in [0, 0.1) is 17.0 Å².